The number of carbonyl (C=O) groups is 2. The highest BCUT2D eigenvalue weighted by Gasteiger charge is 2.45. The van der Waals surface area contributed by atoms with Gasteiger partial charge in [-0.05, 0) is 71.9 Å². The van der Waals surface area contributed by atoms with Crippen LogP contribution in [0.25, 0.3) is 10.8 Å². The van der Waals surface area contributed by atoms with Gasteiger partial charge in [0.2, 0.25) is 0 Å². The number of rotatable bonds is 7. The minimum Gasteiger partial charge on any atom is -0.480 e. The molecule has 0 unspecified atom stereocenters. The number of aromatic nitrogens is 1. The Hall–Kier alpha value is -3.46. The largest absolute Gasteiger partial charge is 0.480 e. The van der Waals surface area contributed by atoms with Gasteiger partial charge in [-0.2, -0.15) is 0 Å². The first-order valence-corrected chi connectivity index (χ1v) is 16.1. The molecular weight excluding hydrogens is 540 g/mol. The van der Waals surface area contributed by atoms with Crippen LogP contribution in [0.3, 0.4) is 0 Å². The Morgan fingerprint density at radius 2 is 1.63 bits per heavy atom. The maximum Gasteiger partial charge on any atom is 0.329 e. The van der Waals surface area contributed by atoms with Crippen molar-refractivity contribution in [2.45, 2.75) is 76.7 Å². The van der Waals surface area contributed by atoms with Crippen molar-refractivity contribution in [1.29, 1.82) is 0 Å². The summed E-state index contributed by atoms with van der Waals surface area (Å²) in [6, 6.07) is 15.4. The first-order valence-electron chi connectivity index (χ1n) is 14.3. The number of carboxylic acids is 1. The van der Waals surface area contributed by atoms with Crippen LogP contribution in [0.5, 0.6) is 11.5 Å². The van der Waals surface area contributed by atoms with E-state index >= 15 is 0 Å². The van der Waals surface area contributed by atoms with Crippen LogP contribution in [0.4, 0.5) is 0 Å². The predicted molar refractivity (Wildman–Crippen MR) is 158 cm³/mol. The van der Waals surface area contributed by atoms with Gasteiger partial charge in [0.25, 0.3) is 5.91 Å². The standard InChI is InChI=1S/C32H38N2O6S/c1-31(2,3)23-9-12-24(13-10-23)40-25-11-8-22-19-28(33-27(26(22)20-25)18-21-6-4-5-7-21)29(35)34-32(30(36)37)14-16-41(38,39)17-15-32/h8-13,19-21H,4-7,14-18H2,1-3H3,(H,34,35)(H,36,37). The molecule has 1 aliphatic carbocycles. The van der Waals surface area contributed by atoms with Crippen molar-refractivity contribution >= 4 is 32.5 Å². The lowest BCUT2D eigenvalue weighted by Crippen LogP contribution is -2.58. The SMILES string of the molecule is CC(C)(C)c1ccc(Oc2ccc3cc(C(=O)NC4(C(=O)O)CCS(=O)(=O)CC4)nc(CC4CCCC4)c3c2)cc1. The number of nitrogens with zero attached hydrogens (tertiary/aromatic N) is 1. The highest BCUT2D eigenvalue weighted by atomic mass is 32.2. The van der Waals surface area contributed by atoms with Crippen molar-refractivity contribution in [3.8, 4) is 11.5 Å². The second kappa shape index (κ2) is 11.1. The number of aliphatic carboxylic acids is 1. The average molecular weight is 579 g/mol. The van der Waals surface area contributed by atoms with Gasteiger partial charge >= 0.3 is 5.97 Å². The monoisotopic (exact) mass is 578 g/mol. The molecule has 8 nitrogen and oxygen atoms in total. The minimum atomic E-state index is -3.31. The zero-order valence-electron chi connectivity index (χ0n) is 23.9. The zero-order valence-corrected chi connectivity index (χ0v) is 24.7. The van der Waals surface area contributed by atoms with E-state index in [0.717, 1.165) is 35.1 Å². The number of sulfone groups is 1. The van der Waals surface area contributed by atoms with E-state index < -0.39 is 27.3 Å². The molecule has 3 aromatic rings. The fraction of sp³-hybridized carbons (Fsp3) is 0.469. The number of pyridine rings is 1. The van der Waals surface area contributed by atoms with Gasteiger partial charge in [-0.3, -0.25) is 4.79 Å². The minimum absolute atomic E-state index is 0.0467. The summed E-state index contributed by atoms with van der Waals surface area (Å²) in [5, 5.41) is 14.3. The summed E-state index contributed by atoms with van der Waals surface area (Å²) in [5.41, 5.74) is 0.544. The lowest BCUT2D eigenvalue weighted by atomic mass is 9.87. The zero-order chi connectivity index (χ0) is 29.4. The number of carboxylic acid groups (broad SMARTS) is 1. The molecule has 2 aromatic carbocycles. The molecule has 9 heteroatoms. The summed E-state index contributed by atoms with van der Waals surface area (Å²) >= 11 is 0. The summed E-state index contributed by atoms with van der Waals surface area (Å²) in [6.07, 6.45) is 4.92. The number of fused-ring (bicyclic) bond motifs is 1. The first-order chi connectivity index (χ1) is 19.3. The highest BCUT2D eigenvalue weighted by Crippen LogP contribution is 2.34. The van der Waals surface area contributed by atoms with E-state index in [1.54, 1.807) is 6.07 Å². The molecule has 1 aliphatic heterocycles. The second-order valence-corrected chi connectivity index (χ2v) is 14.9. The van der Waals surface area contributed by atoms with Crippen molar-refractivity contribution in [2.75, 3.05) is 11.5 Å². The third-order valence-electron chi connectivity index (χ3n) is 8.47. The second-order valence-electron chi connectivity index (χ2n) is 12.6. The van der Waals surface area contributed by atoms with Crippen LogP contribution in [0.1, 0.15) is 81.0 Å². The summed E-state index contributed by atoms with van der Waals surface area (Å²) in [4.78, 5) is 30.3. The molecule has 2 N–H and O–H groups in total. The molecule has 2 aliphatic rings. The van der Waals surface area contributed by atoms with E-state index in [-0.39, 0.29) is 35.5 Å². The van der Waals surface area contributed by atoms with Crippen LogP contribution in [-0.4, -0.2) is 47.4 Å². The Morgan fingerprint density at radius 3 is 2.24 bits per heavy atom. The van der Waals surface area contributed by atoms with E-state index in [0.29, 0.717) is 18.1 Å². The smallest absolute Gasteiger partial charge is 0.329 e. The Balaban J connectivity index is 1.45. The molecule has 41 heavy (non-hydrogen) atoms. The Bertz CT molecular complexity index is 1550. The fourth-order valence-electron chi connectivity index (χ4n) is 5.84. The van der Waals surface area contributed by atoms with Gasteiger partial charge in [0.15, 0.2) is 9.84 Å². The number of hydrogen-bond donors (Lipinski definition) is 2. The summed E-state index contributed by atoms with van der Waals surface area (Å²) < 4.78 is 30.1. The lowest BCUT2D eigenvalue weighted by molar-refractivity contribution is -0.144. The van der Waals surface area contributed by atoms with Crippen LogP contribution in [-0.2, 0) is 26.5 Å². The molecule has 218 valence electrons. The quantitative estimate of drug-likeness (QED) is 0.362. The molecule has 0 radical (unpaired) electrons. The van der Waals surface area contributed by atoms with E-state index in [9.17, 15) is 23.1 Å². The average Bonchev–Trinajstić information content (AvgIpc) is 3.43. The molecule has 0 spiro atoms. The van der Waals surface area contributed by atoms with Crippen molar-refractivity contribution < 1.29 is 27.9 Å². The molecule has 1 saturated carbocycles. The lowest BCUT2D eigenvalue weighted by Gasteiger charge is -2.33. The Morgan fingerprint density at radius 1 is 1.00 bits per heavy atom. The van der Waals surface area contributed by atoms with Gasteiger partial charge < -0.3 is 15.2 Å². The normalized spacial score (nSPS) is 18.7. The number of hydrogen-bond acceptors (Lipinski definition) is 6. The fourth-order valence-corrected chi connectivity index (χ4v) is 7.36. The summed E-state index contributed by atoms with van der Waals surface area (Å²) in [7, 11) is -3.31. The van der Waals surface area contributed by atoms with E-state index in [1.165, 1.54) is 18.4 Å². The maximum absolute atomic E-state index is 13.4. The van der Waals surface area contributed by atoms with E-state index in [4.69, 9.17) is 9.72 Å². The Labute approximate surface area is 241 Å². The molecule has 0 atom stereocenters. The third-order valence-corrected chi connectivity index (χ3v) is 10.1. The molecule has 1 aromatic heterocycles. The van der Waals surface area contributed by atoms with Crippen molar-refractivity contribution in [1.82, 2.24) is 10.3 Å². The van der Waals surface area contributed by atoms with Gasteiger partial charge in [-0.1, -0.05) is 64.7 Å². The van der Waals surface area contributed by atoms with Gasteiger partial charge in [0.05, 0.1) is 11.5 Å². The van der Waals surface area contributed by atoms with Gasteiger partial charge in [-0.15, -0.1) is 0 Å². The predicted octanol–water partition coefficient (Wildman–Crippen LogP) is 5.82. The van der Waals surface area contributed by atoms with Crippen LogP contribution in [0, 0.1) is 5.92 Å². The third kappa shape index (κ3) is 6.56. The van der Waals surface area contributed by atoms with E-state index in [2.05, 4.69) is 38.2 Å². The molecule has 0 bridgehead atoms. The summed E-state index contributed by atoms with van der Waals surface area (Å²) in [6.45, 7) is 6.50. The molecular formula is C32H38N2O6S. The topological polar surface area (TPSA) is 123 Å². The van der Waals surface area contributed by atoms with Gasteiger partial charge in [0, 0.05) is 11.1 Å². The van der Waals surface area contributed by atoms with Crippen LogP contribution < -0.4 is 10.1 Å². The van der Waals surface area contributed by atoms with Crippen LogP contribution in [0.2, 0.25) is 0 Å². The van der Waals surface area contributed by atoms with Gasteiger partial charge in [0.1, 0.15) is 22.7 Å². The number of amides is 1. The number of ether oxygens (including phenoxy) is 1. The molecule has 2 heterocycles. The molecule has 2 fully saturated rings. The number of benzene rings is 2. The van der Waals surface area contributed by atoms with Crippen LogP contribution in [0.15, 0.2) is 48.5 Å². The molecule has 5 rings (SSSR count). The van der Waals surface area contributed by atoms with Crippen molar-refractivity contribution in [2.24, 2.45) is 5.92 Å². The van der Waals surface area contributed by atoms with E-state index in [1.807, 2.05) is 30.3 Å². The molecule has 1 saturated heterocycles. The van der Waals surface area contributed by atoms with Crippen molar-refractivity contribution in [3.63, 3.8) is 0 Å². The van der Waals surface area contributed by atoms with Gasteiger partial charge in [-0.25, -0.2) is 18.2 Å². The summed E-state index contributed by atoms with van der Waals surface area (Å²) in [5.74, 6) is -0.537. The van der Waals surface area contributed by atoms with Crippen molar-refractivity contribution in [3.05, 3.63) is 65.5 Å². The number of nitrogens with one attached hydrogen (secondary N) is 1. The molecule has 1 amide bonds. The number of carbonyl (C=O) groups excluding carboxylic acids is 1. The Kier molecular flexibility index (Phi) is 7.85. The first kappa shape index (κ1) is 29.0. The highest BCUT2D eigenvalue weighted by molar-refractivity contribution is 7.91. The van der Waals surface area contributed by atoms with Crippen LogP contribution >= 0.6 is 0 Å². The maximum atomic E-state index is 13.4.